The van der Waals surface area contributed by atoms with Crippen molar-refractivity contribution in [1.82, 2.24) is 4.90 Å². The van der Waals surface area contributed by atoms with Gasteiger partial charge in [-0.05, 0) is 23.6 Å². The highest BCUT2D eigenvalue weighted by molar-refractivity contribution is 7.10. The van der Waals surface area contributed by atoms with Gasteiger partial charge in [-0.2, -0.15) is 0 Å². The zero-order valence-corrected chi connectivity index (χ0v) is 12.0. The third-order valence-electron chi connectivity index (χ3n) is 3.20. The highest BCUT2D eigenvalue weighted by Crippen LogP contribution is 2.20. The van der Waals surface area contributed by atoms with Crippen LogP contribution in [0.3, 0.4) is 0 Å². The fourth-order valence-corrected chi connectivity index (χ4v) is 2.83. The highest BCUT2D eigenvalue weighted by atomic mass is 32.1. The van der Waals surface area contributed by atoms with E-state index in [-0.39, 0.29) is 5.91 Å². The summed E-state index contributed by atoms with van der Waals surface area (Å²) in [5, 5.41) is 3.06. The molecule has 0 unspecified atom stereocenters. The molecule has 0 aliphatic carbocycles. The van der Waals surface area contributed by atoms with Crippen LogP contribution in [0, 0.1) is 0 Å². The Kier molecular flexibility index (Phi) is 3.56. The molecule has 0 fully saturated rings. The minimum atomic E-state index is 0.105. The Morgan fingerprint density at radius 1 is 1.25 bits per heavy atom. The molecule has 1 amide bonds. The van der Waals surface area contributed by atoms with Gasteiger partial charge in [0.1, 0.15) is 11.3 Å². The Balaban J connectivity index is 1.68. The van der Waals surface area contributed by atoms with Crippen LogP contribution in [-0.2, 0) is 17.8 Å². The average Bonchev–Trinajstić information content (AvgIpc) is 3.06. The van der Waals surface area contributed by atoms with E-state index < -0.39 is 0 Å². The number of carbonyl (C=O) groups excluding carboxylic acids is 1. The first-order valence-electron chi connectivity index (χ1n) is 6.46. The number of likely N-dealkylation sites (N-methyl/N-ethyl adjacent to an activating group) is 1. The second-order valence-corrected chi connectivity index (χ2v) is 5.79. The summed E-state index contributed by atoms with van der Waals surface area (Å²) >= 11 is 1.61. The maximum absolute atomic E-state index is 12.1. The highest BCUT2D eigenvalue weighted by Gasteiger charge is 2.13. The van der Waals surface area contributed by atoms with Crippen LogP contribution in [0.25, 0.3) is 11.0 Å². The van der Waals surface area contributed by atoms with Gasteiger partial charge in [0.15, 0.2) is 0 Å². The van der Waals surface area contributed by atoms with Crippen molar-refractivity contribution in [3.8, 4) is 0 Å². The maximum Gasteiger partial charge on any atom is 0.227 e. The summed E-state index contributed by atoms with van der Waals surface area (Å²) < 4.78 is 5.73. The Morgan fingerprint density at radius 3 is 2.85 bits per heavy atom. The first kappa shape index (κ1) is 12.9. The van der Waals surface area contributed by atoms with Gasteiger partial charge in [0.2, 0.25) is 5.91 Å². The molecule has 2 aromatic heterocycles. The lowest BCUT2D eigenvalue weighted by Crippen LogP contribution is -2.27. The van der Waals surface area contributed by atoms with Crippen molar-refractivity contribution < 1.29 is 9.21 Å². The zero-order valence-electron chi connectivity index (χ0n) is 11.2. The van der Waals surface area contributed by atoms with Gasteiger partial charge < -0.3 is 9.32 Å². The van der Waals surface area contributed by atoms with Gasteiger partial charge in [-0.25, -0.2) is 0 Å². The van der Waals surface area contributed by atoms with E-state index in [0.717, 1.165) is 21.6 Å². The predicted octanol–water partition coefficient (Wildman–Crippen LogP) is 3.70. The van der Waals surface area contributed by atoms with Crippen molar-refractivity contribution in [2.24, 2.45) is 0 Å². The number of furan rings is 1. The molecule has 3 nitrogen and oxygen atoms in total. The topological polar surface area (TPSA) is 33.5 Å². The maximum atomic E-state index is 12.1. The molecule has 0 aliphatic heterocycles. The molecule has 3 aromatic rings. The van der Waals surface area contributed by atoms with E-state index in [9.17, 15) is 4.79 Å². The van der Waals surface area contributed by atoms with Crippen molar-refractivity contribution in [2.75, 3.05) is 7.05 Å². The minimum absolute atomic E-state index is 0.105. The van der Waals surface area contributed by atoms with E-state index in [1.165, 1.54) is 0 Å². The van der Waals surface area contributed by atoms with Crippen LogP contribution in [-0.4, -0.2) is 17.9 Å². The molecule has 20 heavy (non-hydrogen) atoms. The van der Waals surface area contributed by atoms with Crippen LogP contribution in [0.5, 0.6) is 0 Å². The SMILES string of the molecule is CN(Cc1cc2ccccc2o1)C(=O)Cc1cccs1. The van der Waals surface area contributed by atoms with Crippen LogP contribution in [0.2, 0.25) is 0 Å². The fraction of sp³-hybridized carbons (Fsp3) is 0.188. The molecule has 0 aliphatic rings. The zero-order chi connectivity index (χ0) is 13.9. The fourth-order valence-electron chi connectivity index (χ4n) is 2.13. The summed E-state index contributed by atoms with van der Waals surface area (Å²) in [6, 6.07) is 13.8. The van der Waals surface area contributed by atoms with Crippen LogP contribution in [0.4, 0.5) is 0 Å². The average molecular weight is 285 g/mol. The largest absolute Gasteiger partial charge is 0.459 e. The Bertz CT molecular complexity index is 682. The van der Waals surface area contributed by atoms with Gasteiger partial charge in [0.25, 0.3) is 0 Å². The van der Waals surface area contributed by atoms with Crippen LogP contribution < -0.4 is 0 Å². The van der Waals surface area contributed by atoms with Gasteiger partial charge in [-0.15, -0.1) is 11.3 Å². The van der Waals surface area contributed by atoms with Crippen molar-refractivity contribution in [3.63, 3.8) is 0 Å². The van der Waals surface area contributed by atoms with E-state index in [4.69, 9.17) is 4.42 Å². The molecule has 0 N–H and O–H groups in total. The molecule has 102 valence electrons. The third kappa shape index (κ3) is 2.75. The van der Waals surface area contributed by atoms with Crippen LogP contribution in [0.15, 0.2) is 52.3 Å². The molecule has 3 rings (SSSR count). The van der Waals surface area contributed by atoms with Gasteiger partial charge in [-0.1, -0.05) is 24.3 Å². The molecule has 1 aromatic carbocycles. The second-order valence-electron chi connectivity index (χ2n) is 4.76. The molecule has 0 saturated carbocycles. The van der Waals surface area contributed by atoms with Crippen molar-refractivity contribution in [3.05, 3.63) is 58.5 Å². The van der Waals surface area contributed by atoms with E-state index in [0.29, 0.717) is 13.0 Å². The summed E-state index contributed by atoms with van der Waals surface area (Å²) in [5.74, 6) is 0.918. The number of thiophene rings is 1. The number of rotatable bonds is 4. The Morgan fingerprint density at radius 2 is 2.10 bits per heavy atom. The van der Waals surface area contributed by atoms with Crippen molar-refractivity contribution >= 4 is 28.2 Å². The molecular weight excluding hydrogens is 270 g/mol. The predicted molar refractivity (Wildman–Crippen MR) is 80.7 cm³/mol. The van der Waals surface area contributed by atoms with E-state index in [1.54, 1.807) is 16.2 Å². The van der Waals surface area contributed by atoms with Crippen LogP contribution >= 0.6 is 11.3 Å². The smallest absolute Gasteiger partial charge is 0.227 e. The first-order valence-corrected chi connectivity index (χ1v) is 7.34. The lowest BCUT2D eigenvalue weighted by atomic mass is 10.2. The molecule has 0 spiro atoms. The molecule has 0 atom stereocenters. The summed E-state index contributed by atoms with van der Waals surface area (Å²) in [6.07, 6.45) is 0.453. The number of para-hydroxylation sites is 1. The van der Waals surface area contributed by atoms with E-state index in [1.807, 2.05) is 54.9 Å². The third-order valence-corrected chi connectivity index (χ3v) is 4.08. The number of fused-ring (bicyclic) bond motifs is 1. The number of nitrogens with zero attached hydrogens (tertiary/aromatic N) is 1. The normalized spacial score (nSPS) is 10.8. The summed E-state index contributed by atoms with van der Waals surface area (Å²) in [6.45, 7) is 0.499. The Hall–Kier alpha value is -2.07. The lowest BCUT2D eigenvalue weighted by molar-refractivity contribution is -0.129. The lowest BCUT2D eigenvalue weighted by Gasteiger charge is -2.15. The molecule has 0 radical (unpaired) electrons. The van der Waals surface area contributed by atoms with Gasteiger partial charge >= 0.3 is 0 Å². The number of hydrogen-bond donors (Lipinski definition) is 0. The molecule has 0 bridgehead atoms. The van der Waals surface area contributed by atoms with Gasteiger partial charge in [0, 0.05) is 17.3 Å². The molecule has 4 heteroatoms. The number of benzene rings is 1. The van der Waals surface area contributed by atoms with Crippen LogP contribution in [0.1, 0.15) is 10.6 Å². The molecule has 0 saturated heterocycles. The number of amides is 1. The van der Waals surface area contributed by atoms with Gasteiger partial charge in [0.05, 0.1) is 13.0 Å². The quantitative estimate of drug-likeness (QED) is 0.732. The number of hydrogen-bond acceptors (Lipinski definition) is 3. The summed E-state index contributed by atoms with van der Waals surface area (Å²) in [7, 11) is 1.81. The van der Waals surface area contributed by atoms with E-state index in [2.05, 4.69) is 0 Å². The van der Waals surface area contributed by atoms with Gasteiger partial charge in [-0.3, -0.25) is 4.79 Å². The Labute approximate surface area is 121 Å². The number of carbonyl (C=O) groups is 1. The van der Waals surface area contributed by atoms with Crippen molar-refractivity contribution in [2.45, 2.75) is 13.0 Å². The summed E-state index contributed by atoms with van der Waals surface area (Å²) in [4.78, 5) is 14.9. The first-order chi connectivity index (χ1) is 9.72. The van der Waals surface area contributed by atoms with Crippen molar-refractivity contribution in [1.29, 1.82) is 0 Å². The minimum Gasteiger partial charge on any atom is -0.459 e. The second kappa shape index (κ2) is 5.51. The monoisotopic (exact) mass is 285 g/mol. The standard InChI is InChI=1S/C16H15NO2S/c1-17(16(18)10-14-6-4-8-20-14)11-13-9-12-5-2-3-7-15(12)19-13/h2-9H,10-11H2,1H3. The van der Waals surface area contributed by atoms with E-state index >= 15 is 0 Å². The molecule has 2 heterocycles. The molecular formula is C16H15NO2S. The summed E-state index contributed by atoms with van der Waals surface area (Å²) in [5.41, 5.74) is 0.863.